The summed E-state index contributed by atoms with van der Waals surface area (Å²) in [7, 11) is 0. The Kier molecular flexibility index (Phi) is 5.53. The quantitative estimate of drug-likeness (QED) is 0.639. The highest BCUT2D eigenvalue weighted by Gasteiger charge is 2.21. The second-order valence-electron chi connectivity index (χ2n) is 4.67. The van der Waals surface area contributed by atoms with E-state index in [1.54, 1.807) is 18.7 Å². The summed E-state index contributed by atoms with van der Waals surface area (Å²) in [6.07, 6.45) is 2.01. The van der Waals surface area contributed by atoms with Crippen molar-refractivity contribution < 1.29 is 4.79 Å². The molecule has 3 nitrogen and oxygen atoms in total. The molecule has 102 valence electrons. The van der Waals surface area contributed by atoms with Crippen molar-refractivity contribution in [3.05, 3.63) is 4.88 Å². The maximum atomic E-state index is 11.6. The predicted molar refractivity (Wildman–Crippen MR) is 83.2 cm³/mol. The van der Waals surface area contributed by atoms with Crippen LogP contribution in [0.25, 0.3) is 0 Å². The first kappa shape index (κ1) is 15.4. The van der Waals surface area contributed by atoms with Gasteiger partial charge in [-0.15, -0.1) is 23.1 Å². The molecule has 0 saturated carbocycles. The minimum atomic E-state index is 0.0552. The van der Waals surface area contributed by atoms with E-state index >= 15 is 0 Å². The monoisotopic (exact) mass is 286 g/mol. The summed E-state index contributed by atoms with van der Waals surface area (Å²) in [5, 5.41) is 1.14. The van der Waals surface area contributed by atoms with E-state index in [4.69, 9.17) is 5.73 Å². The van der Waals surface area contributed by atoms with E-state index in [0.29, 0.717) is 16.5 Å². The van der Waals surface area contributed by atoms with E-state index in [9.17, 15) is 4.79 Å². The Hall–Kier alpha value is -0.680. The third-order valence-corrected chi connectivity index (χ3v) is 4.98. The van der Waals surface area contributed by atoms with Crippen LogP contribution in [0.3, 0.4) is 0 Å². The summed E-state index contributed by atoms with van der Waals surface area (Å²) in [5.74, 6) is 0.642. The van der Waals surface area contributed by atoms with Gasteiger partial charge in [0.1, 0.15) is 5.00 Å². The molecular weight excluding hydrogens is 264 g/mol. The van der Waals surface area contributed by atoms with Gasteiger partial charge in [0, 0.05) is 20.0 Å². The number of rotatable bonds is 6. The number of thioether (sulfide) groups is 1. The molecule has 0 aliphatic rings. The number of ketones is 1. The van der Waals surface area contributed by atoms with Gasteiger partial charge in [-0.1, -0.05) is 13.8 Å². The zero-order valence-corrected chi connectivity index (χ0v) is 13.4. The van der Waals surface area contributed by atoms with E-state index in [-0.39, 0.29) is 5.78 Å². The zero-order valence-electron chi connectivity index (χ0n) is 11.7. The SMILES string of the molecule is CCN(CC(C)C)c1sc(C(C)=O)c(N)c1SC. The molecule has 0 saturated heterocycles. The fraction of sp³-hybridized carbons (Fsp3) is 0.615. The van der Waals surface area contributed by atoms with Crippen LogP contribution < -0.4 is 10.6 Å². The first-order valence-electron chi connectivity index (χ1n) is 6.14. The molecule has 0 atom stereocenters. The second kappa shape index (κ2) is 6.48. The normalized spacial score (nSPS) is 11.0. The molecule has 1 aromatic rings. The van der Waals surface area contributed by atoms with Crippen LogP contribution in [0.1, 0.15) is 37.4 Å². The molecule has 0 radical (unpaired) electrons. The van der Waals surface area contributed by atoms with Crippen molar-refractivity contribution in [2.75, 3.05) is 30.0 Å². The number of nitrogens with two attached hydrogens (primary N) is 1. The van der Waals surface area contributed by atoms with Gasteiger partial charge in [0.05, 0.1) is 15.5 Å². The maximum Gasteiger partial charge on any atom is 0.171 e. The van der Waals surface area contributed by atoms with Gasteiger partial charge >= 0.3 is 0 Å². The summed E-state index contributed by atoms with van der Waals surface area (Å²) in [5.41, 5.74) is 6.73. The molecule has 1 heterocycles. The van der Waals surface area contributed by atoms with Crippen LogP contribution in [0.15, 0.2) is 4.90 Å². The van der Waals surface area contributed by atoms with Crippen molar-refractivity contribution in [2.45, 2.75) is 32.6 Å². The second-order valence-corrected chi connectivity index (χ2v) is 6.49. The number of hydrogen-bond donors (Lipinski definition) is 1. The van der Waals surface area contributed by atoms with Gasteiger partial charge in [0.15, 0.2) is 5.78 Å². The highest BCUT2D eigenvalue weighted by Crippen LogP contribution is 2.44. The fourth-order valence-corrected chi connectivity index (χ4v) is 4.03. The molecule has 18 heavy (non-hydrogen) atoms. The molecule has 0 unspecified atom stereocenters. The van der Waals surface area contributed by atoms with Crippen molar-refractivity contribution in [1.82, 2.24) is 0 Å². The van der Waals surface area contributed by atoms with Crippen LogP contribution in [-0.4, -0.2) is 25.1 Å². The molecule has 5 heteroatoms. The molecule has 0 amide bonds. The highest BCUT2D eigenvalue weighted by molar-refractivity contribution is 7.99. The van der Waals surface area contributed by atoms with Crippen LogP contribution in [0.2, 0.25) is 0 Å². The van der Waals surface area contributed by atoms with E-state index in [2.05, 4.69) is 25.7 Å². The number of thiophene rings is 1. The number of Topliss-reactive ketones (excluding diaryl/α,β-unsaturated/α-hetero) is 1. The predicted octanol–water partition coefficient (Wildman–Crippen LogP) is 3.74. The molecule has 1 rings (SSSR count). The summed E-state index contributed by atoms with van der Waals surface area (Å²) in [6.45, 7) is 10.0. The minimum Gasteiger partial charge on any atom is -0.396 e. The van der Waals surface area contributed by atoms with E-state index in [1.165, 1.54) is 11.3 Å². The van der Waals surface area contributed by atoms with Crippen LogP contribution in [0.4, 0.5) is 10.7 Å². The first-order valence-corrected chi connectivity index (χ1v) is 8.18. The largest absolute Gasteiger partial charge is 0.396 e. The Bertz CT molecular complexity index is 427. The van der Waals surface area contributed by atoms with Crippen molar-refractivity contribution in [3.63, 3.8) is 0 Å². The van der Waals surface area contributed by atoms with Gasteiger partial charge in [0.2, 0.25) is 0 Å². The lowest BCUT2D eigenvalue weighted by Gasteiger charge is -2.24. The molecule has 0 aliphatic heterocycles. The van der Waals surface area contributed by atoms with Gasteiger partial charge in [-0.3, -0.25) is 4.79 Å². The average Bonchev–Trinajstić information content (AvgIpc) is 2.62. The lowest BCUT2D eigenvalue weighted by atomic mass is 10.2. The van der Waals surface area contributed by atoms with Gasteiger partial charge in [-0.05, 0) is 19.1 Å². The number of carbonyl (C=O) groups is 1. The van der Waals surface area contributed by atoms with Gasteiger partial charge in [-0.2, -0.15) is 0 Å². The van der Waals surface area contributed by atoms with Gasteiger partial charge < -0.3 is 10.6 Å². The summed E-state index contributed by atoms with van der Waals surface area (Å²) < 4.78 is 0. The van der Waals surface area contributed by atoms with Crippen molar-refractivity contribution >= 4 is 39.6 Å². The molecule has 1 aromatic heterocycles. The van der Waals surface area contributed by atoms with Gasteiger partial charge in [-0.25, -0.2) is 0 Å². The van der Waals surface area contributed by atoms with Crippen LogP contribution in [-0.2, 0) is 0 Å². The lowest BCUT2D eigenvalue weighted by molar-refractivity contribution is 0.102. The number of hydrogen-bond acceptors (Lipinski definition) is 5. The van der Waals surface area contributed by atoms with Gasteiger partial charge in [0.25, 0.3) is 0 Å². The van der Waals surface area contributed by atoms with E-state index in [0.717, 1.165) is 23.0 Å². The first-order chi connectivity index (χ1) is 8.42. The maximum absolute atomic E-state index is 11.6. The number of anilines is 2. The summed E-state index contributed by atoms with van der Waals surface area (Å²) in [6, 6.07) is 0. The van der Waals surface area contributed by atoms with E-state index in [1.807, 2.05) is 6.26 Å². The topological polar surface area (TPSA) is 46.3 Å². The molecule has 0 aliphatic carbocycles. The molecule has 0 aromatic carbocycles. The Labute approximate surface area is 118 Å². The third-order valence-electron chi connectivity index (χ3n) is 2.66. The Morgan fingerprint density at radius 2 is 2.11 bits per heavy atom. The lowest BCUT2D eigenvalue weighted by Crippen LogP contribution is -2.26. The third kappa shape index (κ3) is 3.20. The minimum absolute atomic E-state index is 0.0552. The zero-order chi connectivity index (χ0) is 13.9. The number of nitrogen functional groups attached to an aromatic ring is 1. The summed E-state index contributed by atoms with van der Waals surface area (Å²) in [4.78, 5) is 15.6. The molecule has 0 fully saturated rings. The van der Waals surface area contributed by atoms with Crippen molar-refractivity contribution in [3.8, 4) is 0 Å². The van der Waals surface area contributed by atoms with Crippen molar-refractivity contribution in [2.24, 2.45) is 5.92 Å². The Morgan fingerprint density at radius 3 is 2.50 bits per heavy atom. The molecular formula is C13H22N2OS2. The molecule has 2 N–H and O–H groups in total. The average molecular weight is 286 g/mol. The highest BCUT2D eigenvalue weighted by atomic mass is 32.2. The molecule has 0 bridgehead atoms. The summed E-state index contributed by atoms with van der Waals surface area (Å²) >= 11 is 3.15. The molecule has 0 spiro atoms. The number of carbonyl (C=O) groups excluding carboxylic acids is 1. The Morgan fingerprint density at radius 1 is 1.50 bits per heavy atom. The van der Waals surface area contributed by atoms with E-state index < -0.39 is 0 Å². The number of nitrogens with zero attached hydrogens (tertiary/aromatic N) is 1. The standard InChI is InChI=1S/C13H22N2OS2/c1-6-15(7-8(2)3)13-12(17-5)10(14)11(18-13)9(4)16/h8H,6-7,14H2,1-5H3. The van der Waals surface area contributed by atoms with Crippen LogP contribution >= 0.6 is 23.1 Å². The fourth-order valence-electron chi connectivity index (χ4n) is 1.88. The Balaban J connectivity index is 3.21. The van der Waals surface area contributed by atoms with Crippen LogP contribution in [0.5, 0.6) is 0 Å². The van der Waals surface area contributed by atoms with Crippen LogP contribution in [0, 0.1) is 5.92 Å². The van der Waals surface area contributed by atoms with Crippen molar-refractivity contribution in [1.29, 1.82) is 0 Å². The smallest absolute Gasteiger partial charge is 0.171 e.